The van der Waals surface area contributed by atoms with Gasteiger partial charge in [0, 0.05) is 32.7 Å². The zero-order chi connectivity index (χ0) is 24.7. The molecular weight excluding hydrogens is 437 g/mol. The molecule has 3 rings (SSSR count). The van der Waals surface area contributed by atoms with Crippen LogP contribution in [0.2, 0.25) is 0 Å². The van der Waals surface area contributed by atoms with Crippen molar-refractivity contribution in [1.29, 1.82) is 0 Å². The zero-order valence-corrected chi connectivity index (χ0v) is 19.6. The molecular formula is C25H28FN5O3. The number of ether oxygens (including phenoxy) is 1. The molecule has 178 valence electrons. The molecule has 34 heavy (non-hydrogen) atoms. The van der Waals surface area contributed by atoms with Crippen LogP contribution in [-0.4, -0.2) is 54.7 Å². The Bertz CT molecular complexity index is 1160. The lowest BCUT2D eigenvalue weighted by Crippen LogP contribution is -2.31. The molecule has 0 saturated carbocycles. The number of anilines is 1. The summed E-state index contributed by atoms with van der Waals surface area (Å²) in [7, 11) is 5.02. The SMILES string of the molecule is C=CN(C)c1nc(-c2cccc(OC)c2)n(Cc2ccc(F)cc2)c1C(=O)N(C)CCCN=O. The molecule has 0 atom stereocenters. The molecule has 1 amide bonds. The number of hydrogen-bond donors (Lipinski definition) is 0. The van der Waals surface area contributed by atoms with E-state index in [9.17, 15) is 14.1 Å². The van der Waals surface area contributed by atoms with Gasteiger partial charge in [0.1, 0.15) is 17.4 Å². The fourth-order valence-electron chi connectivity index (χ4n) is 3.55. The fourth-order valence-corrected chi connectivity index (χ4v) is 3.55. The van der Waals surface area contributed by atoms with Crippen molar-refractivity contribution in [3.05, 3.63) is 83.3 Å². The van der Waals surface area contributed by atoms with Gasteiger partial charge in [-0.3, -0.25) is 4.79 Å². The number of benzene rings is 2. The van der Waals surface area contributed by atoms with Gasteiger partial charge >= 0.3 is 0 Å². The molecule has 1 heterocycles. The number of carbonyl (C=O) groups excluding carboxylic acids is 1. The number of nitrogens with zero attached hydrogens (tertiary/aromatic N) is 5. The van der Waals surface area contributed by atoms with E-state index in [-0.39, 0.29) is 24.8 Å². The highest BCUT2D eigenvalue weighted by Crippen LogP contribution is 2.31. The second-order valence-corrected chi connectivity index (χ2v) is 7.78. The number of rotatable bonds is 11. The van der Waals surface area contributed by atoms with Crippen LogP contribution in [0.25, 0.3) is 11.4 Å². The monoisotopic (exact) mass is 465 g/mol. The largest absolute Gasteiger partial charge is 0.497 e. The number of methoxy groups -OCH3 is 1. The van der Waals surface area contributed by atoms with Crippen molar-refractivity contribution in [2.24, 2.45) is 5.18 Å². The number of nitroso groups, excluding NO2 is 1. The first-order chi connectivity index (χ1) is 16.4. The minimum absolute atomic E-state index is 0.126. The Morgan fingerprint density at radius 3 is 2.62 bits per heavy atom. The first kappa shape index (κ1) is 24.6. The highest BCUT2D eigenvalue weighted by molar-refractivity contribution is 5.98. The summed E-state index contributed by atoms with van der Waals surface area (Å²) in [5, 5.41) is 2.87. The van der Waals surface area contributed by atoms with Gasteiger partial charge in [0.05, 0.1) is 13.7 Å². The van der Waals surface area contributed by atoms with Crippen molar-refractivity contribution in [3.63, 3.8) is 0 Å². The van der Waals surface area contributed by atoms with E-state index in [1.165, 1.54) is 12.1 Å². The lowest BCUT2D eigenvalue weighted by atomic mass is 10.1. The highest BCUT2D eigenvalue weighted by atomic mass is 19.1. The van der Waals surface area contributed by atoms with E-state index in [0.717, 1.165) is 11.1 Å². The maximum absolute atomic E-state index is 13.6. The van der Waals surface area contributed by atoms with Crippen molar-refractivity contribution >= 4 is 11.7 Å². The fraction of sp³-hybridized carbons (Fsp3) is 0.280. The average Bonchev–Trinajstić information content (AvgIpc) is 3.23. The molecule has 0 fully saturated rings. The number of aromatic nitrogens is 2. The van der Waals surface area contributed by atoms with Crippen LogP contribution in [0.15, 0.2) is 66.5 Å². The number of hydrogen-bond acceptors (Lipinski definition) is 6. The number of amides is 1. The summed E-state index contributed by atoms with van der Waals surface area (Å²) in [6.45, 7) is 4.59. The summed E-state index contributed by atoms with van der Waals surface area (Å²) in [4.78, 5) is 32.1. The van der Waals surface area contributed by atoms with Crippen molar-refractivity contribution < 1.29 is 13.9 Å². The molecule has 0 aliphatic carbocycles. The first-order valence-corrected chi connectivity index (χ1v) is 10.8. The Kier molecular flexibility index (Phi) is 8.13. The van der Waals surface area contributed by atoms with Gasteiger partial charge in [0.2, 0.25) is 0 Å². The summed E-state index contributed by atoms with van der Waals surface area (Å²) in [6, 6.07) is 13.5. The molecule has 0 aliphatic heterocycles. The second-order valence-electron chi connectivity index (χ2n) is 7.78. The van der Waals surface area contributed by atoms with Gasteiger partial charge in [0.25, 0.3) is 5.91 Å². The van der Waals surface area contributed by atoms with E-state index >= 15 is 0 Å². The zero-order valence-electron chi connectivity index (χ0n) is 19.6. The molecule has 1 aromatic heterocycles. The number of carbonyl (C=O) groups is 1. The minimum atomic E-state index is -0.339. The maximum Gasteiger partial charge on any atom is 0.274 e. The quantitative estimate of drug-likeness (QED) is 0.307. The van der Waals surface area contributed by atoms with Crippen molar-refractivity contribution in [2.45, 2.75) is 13.0 Å². The molecule has 0 bridgehead atoms. The van der Waals surface area contributed by atoms with Gasteiger partial charge in [-0.15, -0.1) is 0 Å². The van der Waals surface area contributed by atoms with E-state index in [0.29, 0.717) is 36.1 Å². The normalized spacial score (nSPS) is 10.6. The average molecular weight is 466 g/mol. The van der Waals surface area contributed by atoms with E-state index in [1.54, 1.807) is 49.3 Å². The molecule has 2 aromatic carbocycles. The highest BCUT2D eigenvalue weighted by Gasteiger charge is 2.28. The third-order valence-electron chi connectivity index (χ3n) is 5.43. The summed E-state index contributed by atoms with van der Waals surface area (Å²) in [5.41, 5.74) is 1.91. The van der Waals surface area contributed by atoms with Gasteiger partial charge in [-0.25, -0.2) is 9.37 Å². The van der Waals surface area contributed by atoms with Crippen LogP contribution in [0, 0.1) is 10.7 Å². The topological polar surface area (TPSA) is 80.0 Å². The van der Waals surface area contributed by atoms with Crippen LogP contribution in [0.4, 0.5) is 10.2 Å². The molecule has 0 aliphatic rings. The molecule has 3 aromatic rings. The third-order valence-corrected chi connectivity index (χ3v) is 5.43. The Balaban J connectivity index is 2.19. The van der Waals surface area contributed by atoms with Crippen molar-refractivity contribution in [1.82, 2.24) is 14.5 Å². The molecule has 0 N–H and O–H groups in total. The van der Waals surface area contributed by atoms with Crippen LogP contribution in [0.5, 0.6) is 5.75 Å². The summed E-state index contributed by atoms with van der Waals surface area (Å²) in [5.74, 6) is 1.03. The Labute approximate surface area is 198 Å². The summed E-state index contributed by atoms with van der Waals surface area (Å²) < 4.78 is 20.7. The van der Waals surface area contributed by atoms with Crippen molar-refractivity contribution in [2.75, 3.05) is 39.2 Å². The van der Waals surface area contributed by atoms with E-state index in [2.05, 4.69) is 11.8 Å². The van der Waals surface area contributed by atoms with Gasteiger partial charge in [-0.05, 0) is 42.4 Å². The van der Waals surface area contributed by atoms with Crippen LogP contribution in [0.3, 0.4) is 0 Å². The minimum Gasteiger partial charge on any atom is -0.497 e. The van der Waals surface area contributed by atoms with Gasteiger partial charge in [-0.1, -0.05) is 36.0 Å². The summed E-state index contributed by atoms with van der Waals surface area (Å²) in [6.07, 6.45) is 2.03. The lowest BCUT2D eigenvalue weighted by molar-refractivity contribution is 0.0785. The van der Waals surface area contributed by atoms with E-state index < -0.39 is 0 Å². The van der Waals surface area contributed by atoms with Crippen molar-refractivity contribution in [3.8, 4) is 17.1 Å². The first-order valence-electron chi connectivity index (χ1n) is 10.8. The van der Waals surface area contributed by atoms with Crippen LogP contribution >= 0.6 is 0 Å². The summed E-state index contributed by atoms with van der Waals surface area (Å²) >= 11 is 0. The van der Waals surface area contributed by atoms with E-state index in [4.69, 9.17) is 9.72 Å². The van der Waals surface area contributed by atoms with E-state index in [1.807, 2.05) is 28.8 Å². The predicted molar refractivity (Wildman–Crippen MR) is 131 cm³/mol. The Morgan fingerprint density at radius 1 is 1.24 bits per heavy atom. The third kappa shape index (κ3) is 5.48. The molecule has 8 nitrogen and oxygen atoms in total. The smallest absolute Gasteiger partial charge is 0.274 e. The molecule has 0 spiro atoms. The molecule has 9 heteroatoms. The molecule has 0 unspecified atom stereocenters. The Morgan fingerprint density at radius 2 is 1.97 bits per heavy atom. The molecule has 0 radical (unpaired) electrons. The predicted octanol–water partition coefficient (Wildman–Crippen LogP) is 4.55. The maximum atomic E-state index is 13.6. The standard InChI is InChI=1S/C25H28FN5O3/c1-5-29(2)24-22(25(32)30(3)15-7-14-27-33)31(17-18-10-12-20(26)13-11-18)23(28-24)19-8-6-9-21(16-19)34-4/h5-6,8-13,16H,1,7,14-15,17H2,2-4H3. The lowest BCUT2D eigenvalue weighted by Gasteiger charge is -2.21. The van der Waals surface area contributed by atoms with Gasteiger partial charge in [-0.2, -0.15) is 4.91 Å². The van der Waals surface area contributed by atoms with Crippen LogP contribution in [0.1, 0.15) is 22.5 Å². The van der Waals surface area contributed by atoms with Crippen LogP contribution < -0.4 is 9.64 Å². The van der Waals surface area contributed by atoms with Crippen LogP contribution in [-0.2, 0) is 6.54 Å². The van der Waals surface area contributed by atoms with Gasteiger partial charge < -0.3 is 19.1 Å². The Hall–Kier alpha value is -4.01. The number of imidazole rings is 1. The number of halogens is 1. The molecule has 0 saturated heterocycles. The second kappa shape index (κ2) is 11.2. The van der Waals surface area contributed by atoms with Gasteiger partial charge in [0.15, 0.2) is 11.5 Å².